The minimum Gasteiger partial charge on any atom is -0.461 e. The second-order valence-electron chi connectivity index (χ2n) is 7.96. The van der Waals surface area contributed by atoms with Gasteiger partial charge in [-0.15, -0.1) is 0 Å². The molecule has 5 heteroatoms. The number of nitrogens with two attached hydrogens (primary N) is 1. The van der Waals surface area contributed by atoms with Gasteiger partial charge in [0.1, 0.15) is 12.0 Å². The van der Waals surface area contributed by atoms with E-state index in [1.807, 2.05) is 0 Å². The normalized spacial score (nSPS) is 41.4. The van der Waals surface area contributed by atoms with Crippen LogP contribution in [0.3, 0.4) is 0 Å². The number of fused-ring (bicyclic) bond motifs is 2. The molecule has 0 unspecified atom stereocenters. The average molecular weight is 338 g/mol. The Labute approximate surface area is 144 Å². The van der Waals surface area contributed by atoms with Crippen molar-refractivity contribution < 1.29 is 24.7 Å². The number of esters is 1. The van der Waals surface area contributed by atoms with Gasteiger partial charge in [0.05, 0.1) is 25.8 Å². The molecule has 3 aliphatic rings. The average Bonchev–Trinajstić information content (AvgIpc) is 2.86. The molecule has 0 aromatic heterocycles. The highest BCUT2D eigenvalue weighted by molar-refractivity contribution is 5.76. The molecule has 2 aliphatic carbocycles. The molecule has 3 rings (SSSR count). The van der Waals surface area contributed by atoms with Crippen LogP contribution in [-0.2, 0) is 14.3 Å². The van der Waals surface area contributed by atoms with Gasteiger partial charge in [0.25, 0.3) is 0 Å². The maximum Gasteiger partial charge on any atom is 0.315 e. The van der Waals surface area contributed by atoms with Gasteiger partial charge in [0, 0.05) is 31.3 Å². The minimum atomic E-state index is -0.498. The molecule has 0 radical (unpaired) electrons. The Balaban J connectivity index is 1.72. The monoisotopic (exact) mass is 338 g/mol. The van der Waals surface area contributed by atoms with E-state index in [2.05, 4.69) is 25.2 Å². The zero-order valence-electron chi connectivity index (χ0n) is 15.2. The van der Waals surface area contributed by atoms with E-state index in [9.17, 15) is 9.90 Å². The molecule has 5 nitrogen and oxygen atoms in total. The van der Waals surface area contributed by atoms with Crippen LogP contribution < -0.4 is 5.32 Å². The maximum atomic E-state index is 12.4. The molecular weight excluding hydrogens is 306 g/mol. The molecule has 0 amide bonds. The third-order valence-electron chi connectivity index (χ3n) is 6.75. The van der Waals surface area contributed by atoms with Gasteiger partial charge in [0.15, 0.2) is 0 Å². The number of aliphatic hydroxyl groups excluding tert-OH is 1. The van der Waals surface area contributed by atoms with Crippen molar-refractivity contribution in [3.8, 4) is 0 Å². The first-order valence-electron chi connectivity index (χ1n) is 9.38. The number of hydrogen-bond acceptors (Lipinski definition) is 4. The summed E-state index contributed by atoms with van der Waals surface area (Å²) in [6, 6.07) is 0. The Hall–Kier alpha value is -0.910. The number of hydrogen-bond donors (Lipinski definition) is 2. The Morgan fingerprint density at radius 3 is 3.04 bits per heavy atom. The van der Waals surface area contributed by atoms with Crippen molar-refractivity contribution >= 4 is 5.97 Å². The number of methoxy groups -OCH3 is 1. The predicted octanol–water partition coefficient (Wildman–Crippen LogP) is 0.871. The van der Waals surface area contributed by atoms with Crippen LogP contribution in [0.5, 0.6) is 0 Å². The summed E-state index contributed by atoms with van der Waals surface area (Å²) in [5.41, 5.74) is 1.09. The van der Waals surface area contributed by atoms with E-state index in [-0.39, 0.29) is 29.3 Å². The lowest BCUT2D eigenvalue weighted by atomic mass is 9.55. The lowest BCUT2D eigenvalue weighted by Crippen LogP contribution is -2.86. The van der Waals surface area contributed by atoms with Crippen LogP contribution in [0.4, 0.5) is 0 Å². The van der Waals surface area contributed by atoms with E-state index >= 15 is 0 Å². The van der Waals surface area contributed by atoms with Gasteiger partial charge in [-0.25, -0.2) is 0 Å². The molecule has 1 aliphatic heterocycles. The molecular formula is C19H32NO4+. The Morgan fingerprint density at radius 2 is 2.29 bits per heavy atom. The molecule has 6 atom stereocenters. The maximum absolute atomic E-state index is 12.4. The summed E-state index contributed by atoms with van der Waals surface area (Å²) >= 11 is 0. The van der Waals surface area contributed by atoms with Crippen molar-refractivity contribution in [1.82, 2.24) is 0 Å². The van der Waals surface area contributed by atoms with Crippen LogP contribution in [0.2, 0.25) is 0 Å². The van der Waals surface area contributed by atoms with E-state index in [0.29, 0.717) is 12.5 Å². The molecule has 0 spiro atoms. The molecule has 2 fully saturated rings. The number of allylic oxidation sites excluding steroid dienone is 1. The molecule has 0 aromatic rings. The Morgan fingerprint density at radius 1 is 1.50 bits per heavy atom. The molecule has 1 saturated carbocycles. The lowest BCUT2D eigenvalue weighted by Gasteiger charge is -2.51. The van der Waals surface area contributed by atoms with E-state index < -0.39 is 6.10 Å². The third kappa shape index (κ3) is 2.91. The zero-order valence-corrected chi connectivity index (χ0v) is 15.2. The second-order valence-corrected chi connectivity index (χ2v) is 7.96. The number of carbonyl (C=O) groups excluding carboxylic acids is 1. The molecule has 0 aromatic carbocycles. The highest BCUT2D eigenvalue weighted by Gasteiger charge is 2.60. The summed E-state index contributed by atoms with van der Waals surface area (Å²) in [6.45, 7) is 6.80. The van der Waals surface area contributed by atoms with Crippen molar-refractivity contribution in [2.75, 3.05) is 26.8 Å². The summed E-state index contributed by atoms with van der Waals surface area (Å²) < 4.78 is 10.7. The summed E-state index contributed by atoms with van der Waals surface area (Å²) in [6.07, 6.45) is 5.58. The number of rotatable bonds is 6. The van der Waals surface area contributed by atoms with E-state index in [4.69, 9.17) is 9.47 Å². The van der Waals surface area contributed by atoms with Crippen molar-refractivity contribution in [2.24, 2.45) is 23.2 Å². The van der Waals surface area contributed by atoms with Gasteiger partial charge < -0.3 is 19.9 Å². The van der Waals surface area contributed by atoms with E-state index in [1.165, 1.54) is 5.57 Å². The zero-order chi connectivity index (χ0) is 17.3. The summed E-state index contributed by atoms with van der Waals surface area (Å²) in [4.78, 5) is 12.4. The van der Waals surface area contributed by atoms with Gasteiger partial charge in [-0.05, 0) is 18.8 Å². The summed E-state index contributed by atoms with van der Waals surface area (Å²) in [5.74, 6) is 0.0527. The molecule has 24 heavy (non-hydrogen) atoms. The van der Waals surface area contributed by atoms with Crippen LogP contribution in [0.25, 0.3) is 0 Å². The van der Waals surface area contributed by atoms with Gasteiger partial charge in [-0.2, -0.15) is 0 Å². The highest BCUT2D eigenvalue weighted by Crippen LogP contribution is 2.55. The molecule has 136 valence electrons. The summed E-state index contributed by atoms with van der Waals surface area (Å²) in [5, 5.41) is 13.4. The van der Waals surface area contributed by atoms with Crippen LogP contribution >= 0.6 is 0 Å². The lowest BCUT2D eigenvalue weighted by molar-refractivity contribution is -0.660. The molecule has 1 heterocycles. The molecule has 0 bridgehead atoms. The molecule has 3 N–H and O–H groups in total. The largest absolute Gasteiger partial charge is 0.461 e. The van der Waals surface area contributed by atoms with Crippen LogP contribution in [0, 0.1) is 23.2 Å². The highest BCUT2D eigenvalue weighted by atomic mass is 16.6. The Bertz CT molecular complexity index is 506. The number of quaternary nitrogens is 1. The first-order chi connectivity index (χ1) is 11.5. The number of ether oxygens (including phenoxy) is 2. The second kappa shape index (κ2) is 7.14. The fraction of sp³-hybridized carbons (Fsp3) is 0.842. The quantitative estimate of drug-likeness (QED) is 0.428. The fourth-order valence-electron chi connectivity index (χ4n) is 5.00. The van der Waals surface area contributed by atoms with E-state index in [1.54, 1.807) is 7.11 Å². The first-order valence-corrected chi connectivity index (χ1v) is 9.38. The van der Waals surface area contributed by atoms with Gasteiger partial charge in [0.2, 0.25) is 0 Å². The molecule has 1 saturated heterocycles. The van der Waals surface area contributed by atoms with Crippen molar-refractivity contribution in [1.29, 1.82) is 0 Å². The van der Waals surface area contributed by atoms with Crippen molar-refractivity contribution in [3.05, 3.63) is 11.6 Å². The first kappa shape index (κ1) is 17.9. The van der Waals surface area contributed by atoms with Crippen molar-refractivity contribution in [3.63, 3.8) is 0 Å². The number of aliphatic hydroxyl groups is 1. The summed E-state index contributed by atoms with van der Waals surface area (Å²) in [7, 11) is 1.70. The van der Waals surface area contributed by atoms with Crippen LogP contribution in [0.15, 0.2) is 11.6 Å². The van der Waals surface area contributed by atoms with Gasteiger partial charge in [-0.1, -0.05) is 25.5 Å². The predicted molar refractivity (Wildman–Crippen MR) is 90.2 cm³/mol. The van der Waals surface area contributed by atoms with Gasteiger partial charge in [-0.3, -0.25) is 4.79 Å². The fourth-order valence-corrected chi connectivity index (χ4v) is 5.00. The Kier molecular flexibility index (Phi) is 5.33. The van der Waals surface area contributed by atoms with Crippen LogP contribution in [0.1, 0.15) is 39.5 Å². The minimum absolute atomic E-state index is 0.0705. The third-order valence-corrected chi connectivity index (χ3v) is 6.75. The van der Waals surface area contributed by atoms with E-state index in [0.717, 1.165) is 38.8 Å². The smallest absolute Gasteiger partial charge is 0.315 e. The number of carbonyl (C=O) groups is 1. The SMILES string of the molecule is COCCC[NH2+]C[C@@H]1C(=O)O[C@@H]2CC3=CCC[C@@H](C)[C@@]3(C)[C@@H](O)[C@H]12. The van der Waals surface area contributed by atoms with Crippen molar-refractivity contribution in [2.45, 2.75) is 51.7 Å². The van der Waals surface area contributed by atoms with Gasteiger partial charge >= 0.3 is 5.97 Å². The van der Waals surface area contributed by atoms with Crippen LogP contribution in [-0.4, -0.2) is 50.1 Å². The topological polar surface area (TPSA) is 72.4 Å². The standard InChI is InChI=1S/C19H31NO4/c1-12-6-4-7-13-10-15-16(17(21)19(12,13)2)14(18(22)24-15)11-20-8-5-9-23-3/h7,12,14-17,20-21H,4-6,8-11H2,1-3H3/p+1/t12-,14+,15-,16-,17+,19-/m1/s1.